The van der Waals surface area contributed by atoms with Crippen LogP contribution in [-0.2, 0) is 14.3 Å². The third kappa shape index (κ3) is 5.97. The van der Waals surface area contributed by atoms with Gasteiger partial charge < -0.3 is 14.8 Å². The van der Waals surface area contributed by atoms with Crippen molar-refractivity contribution in [2.45, 2.75) is 17.9 Å². The summed E-state index contributed by atoms with van der Waals surface area (Å²) >= 11 is 1.65. The maximum atomic E-state index is 12.1. The largest absolute Gasteiger partial charge is 0.497 e. The molecule has 2 aromatic rings. The Labute approximate surface area is 157 Å². The molecule has 26 heavy (non-hydrogen) atoms. The maximum absolute atomic E-state index is 12.1. The third-order valence-corrected chi connectivity index (χ3v) is 4.29. The van der Waals surface area contributed by atoms with Gasteiger partial charge in [-0.05, 0) is 61.2 Å². The zero-order valence-corrected chi connectivity index (χ0v) is 15.7. The molecule has 2 aromatic carbocycles. The van der Waals surface area contributed by atoms with Crippen molar-refractivity contribution >= 4 is 35.4 Å². The van der Waals surface area contributed by atoms with Crippen LogP contribution in [0.25, 0.3) is 6.08 Å². The Balaban J connectivity index is 1.86. The molecule has 136 valence electrons. The van der Waals surface area contributed by atoms with Crippen LogP contribution in [0.5, 0.6) is 5.75 Å². The van der Waals surface area contributed by atoms with E-state index in [1.54, 1.807) is 49.2 Å². The van der Waals surface area contributed by atoms with Crippen LogP contribution in [-0.4, -0.2) is 31.3 Å². The molecule has 0 aliphatic carbocycles. The lowest BCUT2D eigenvalue weighted by Crippen LogP contribution is -2.29. The predicted octanol–water partition coefficient (Wildman–Crippen LogP) is 4.00. The van der Waals surface area contributed by atoms with Crippen LogP contribution >= 0.6 is 11.8 Å². The zero-order chi connectivity index (χ0) is 18.9. The summed E-state index contributed by atoms with van der Waals surface area (Å²) in [4.78, 5) is 25.1. The number of rotatable bonds is 7. The van der Waals surface area contributed by atoms with Crippen LogP contribution < -0.4 is 10.1 Å². The molecule has 0 heterocycles. The van der Waals surface area contributed by atoms with E-state index in [1.165, 1.54) is 13.0 Å². The number of hydrogen-bond acceptors (Lipinski definition) is 5. The van der Waals surface area contributed by atoms with Crippen LogP contribution in [0, 0.1) is 0 Å². The fourth-order valence-corrected chi connectivity index (χ4v) is 2.47. The molecule has 0 bridgehead atoms. The van der Waals surface area contributed by atoms with Crippen molar-refractivity contribution in [1.29, 1.82) is 0 Å². The Morgan fingerprint density at radius 2 is 1.73 bits per heavy atom. The zero-order valence-electron chi connectivity index (χ0n) is 14.9. The van der Waals surface area contributed by atoms with Gasteiger partial charge in [-0.1, -0.05) is 12.1 Å². The van der Waals surface area contributed by atoms with Crippen LogP contribution in [0.2, 0.25) is 0 Å². The highest BCUT2D eigenvalue weighted by atomic mass is 32.2. The number of carbonyl (C=O) groups is 2. The molecule has 0 unspecified atom stereocenters. The molecule has 1 amide bonds. The quantitative estimate of drug-likeness (QED) is 0.453. The van der Waals surface area contributed by atoms with Gasteiger partial charge in [0, 0.05) is 16.7 Å². The minimum atomic E-state index is -0.909. The number of ether oxygens (including phenoxy) is 2. The summed E-state index contributed by atoms with van der Waals surface area (Å²) in [5.41, 5.74) is 1.48. The summed E-state index contributed by atoms with van der Waals surface area (Å²) in [5, 5.41) is 2.69. The standard InChI is InChI=1S/C20H21NO4S/c1-14(20(23)21-16-7-9-17(24-2)10-8-16)25-19(22)13-6-15-4-11-18(26-3)12-5-15/h4-14H,1-3H3,(H,21,23)/b13-6+/t14-/m0/s1. The van der Waals surface area contributed by atoms with E-state index in [1.807, 2.05) is 30.5 Å². The van der Waals surface area contributed by atoms with Gasteiger partial charge in [0.1, 0.15) is 5.75 Å². The molecule has 6 heteroatoms. The van der Waals surface area contributed by atoms with Gasteiger partial charge >= 0.3 is 5.97 Å². The summed E-state index contributed by atoms with van der Waals surface area (Å²) in [6.07, 6.45) is 4.06. The SMILES string of the molecule is COc1ccc(NC(=O)[C@H](C)OC(=O)/C=C/c2ccc(SC)cc2)cc1. The van der Waals surface area contributed by atoms with Crippen molar-refractivity contribution in [2.24, 2.45) is 0 Å². The van der Waals surface area contributed by atoms with Gasteiger partial charge in [-0.2, -0.15) is 0 Å². The van der Waals surface area contributed by atoms with E-state index in [9.17, 15) is 9.59 Å². The van der Waals surface area contributed by atoms with Crippen LogP contribution in [0.15, 0.2) is 59.5 Å². The summed E-state index contributed by atoms with van der Waals surface area (Å²) in [6, 6.07) is 14.7. The maximum Gasteiger partial charge on any atom is 0.331 e. The smallest absolute Gasteiger partial charge is 0.331 e. The van der Waals surface area contributed by atoms with Crippen LogP contribution in [0.3, 0.4) is 0 Å². The Bertz CT molecular complexity index is 769. The van der Waals surface area contributed by atoms with Gasteiger partial charge in [-0.25, -0.2) is 4.79 Å². The molecule has 1 atom stereocenters. The molecule has 2 rings (SSSR count). The molecule has 0 aliphatic rings. The van der Waals surface area contributed by atoms with Gasteiger partial charge in [0.05, 0.1) is 7.11 Å². The fourth-order valence-electron chi connectivity index (χ4n) is 2.06. The van der Waals surface area contributed by atoms with Crippen molar-refractivity contribution < 1.29 is 19.1 Å². The monoisotopic (exact) mass is 371 g/mol. The number of benzene rings is 2. The summed E-state index contributed by atoms with van der Waals surface area (Å²) in [5.74, 6) is -0.282. The number of carbonyl (C=O) groups excluding carboxylic acids is 2. The summed E-state index contributed by atoms with van der Waals surface area (Å²) in [6.45, 7) is 1.53. The van der Waals surface area contributed by atoms with Gasteiger partial charge in [0.2, 0.25) is 0 Å². The number of hydrogen-bond donors (Lipinski definition) is 1. The van der Waals surface area contributed by atoms with Gasteiger partial charge in [0.15, 0.2) is 6.10 Å². The Hall–Kier alpha value is -2.73. The van der Waals surface area contributed by atoms with Gasteiger partial charge in [-0.15, -0.1) is 11.8 Å². The average molecular weight is 371 g/mol. The molecular formula is C20H21NO4S. The summed E-state index contributed by atoms with van der Waals surface area (Å²) < 4.78 is 10.2. The van der Waals surface area contributed by atoms with E-state index < -0.39 is 18.0 Å². The van der Waals surface area contributed by atoms with E-state index in [0.29, 0.717) is 11.4 Å². The number of esters is 1. The van der Waals surface area contributed by atoms with Crippen molar-refractivity contribution in [3.8, 4) is 5.75 Å². The molecule has 0 aliphatic heterocycles. The molecule has 0 saturated heterocycles. The molecule has 0 fully saturated rings. The third-order valence-electron chi connectivity index (χ3n) is 3.55. The first-order valence-electron chi connectivity index (χ1n) is 7.99. The molecule has 0 aromatic heterocycles. The second-order valence-electron chi connectivity index (χ2n) is 5.40. The second-order valence-corrected chi connectivity index (χ2v) is 6.28. The van der Waals surface area contributed by atoms with Crippen molar-refractivity contribution in [1.82, 2.24) is 0 Å². The van der Waals surface area contributed by atoms with E-state index in [0.717, 1.165) is 10.5 Å². The van der Waals surface area contributed by atoms with Crippen molar-refractivity contribution in [3.05, 3.63) is 60.2 Å². The average Bonchev–Trinajstić information content (AvgIpc) is 2.67. The molecule has 0 spiro atoms. The Morgan fingerprint density at radius 3 is 2.31 bits per heavy atom. The normalized spacial score (nSPS) is 11.8. The second kappa shape index (κ2) is 9.68. The van der Waals surface area contributed by atoms with Crippen molar-refractivity contribution in [2.75, 3.05) is 18.7 Å². The van der Waals surface area contributed by atoms with Crippen molar-refractivity contribution in [3.63, 3.8) is 0 Å². The van der Waals surface area contributed by atoms with Crippen LogP contribution in [0.4, 0.5) is 5.69 Å². The lowest BCUT2D eigenvalue weighted by Gasteiger charge is -2.12. The number of methoxy groups -OCH3 is 1. The number of thioether (sulfide) groups is 1. The topological polar surface area (TPSA) is 64.6 Å². The van der Waals surface area contributed by atoms with E-state index in [2.05, 4.69) is 5.32 Å². The van der Waals surface area contributed by atoms with E-state index >= 15 is 0 Å². The first-order chi connectivity index (χ1) is 12.5. The minimum Gasteiger partial charge on any atom is -0.497 e. The Kier molecular flexibility index (Phi) is 7.29. The number of anilines is 1. The van der Waals surface area contributed by atoms with E-state index in [4.69, 9.17) is 9.47 Å². The first kappa shape index (κ1) is 19.6. The highest BCUT2D eigenvalue weighted by molar-refractivity contribution is 7.98. The van der Waals surface area contributed by atoms with Gasteiger partial charge in [-0.3, -0.25) is 4.79 Å². The lowest BCUT2D eigenvalue weighted by atomic mass is 10.2. The Morgan fingerprint density at radius 1 is 1.08 bits per heavy atom. The predicted molar refractivity (Wildman–Crippen MR) is 104 cm³/mol. The number of nitrogens with one attached hydrogen (secondary N) is 1. The van der Waals surface area contributed by atoms with E-state index in [-0.39, 0.29) is 0 Å². The molecule has 0 saturated carbocycles. The molecular weight excluding hydrogens is 350 g/mol. The summed E-state index contributed by atoms with van der Waals surface area (Å²) in [7, 11) is 1.57. The molecule has 1 N–H and O–H groups in total. The molecule has 0 radical (unpaired) electrons. The minimum absolute atomic E-state index is 0.402. The van der Waals surface area contributed by atoms with Gasteiger partial charge in [0.25, 0.3) is 5.91 Å². The fraction of sp³-hybridized carbons (Fsp3) is 0.200. The molecule has 5 nitrogen and oxygen atoms in total. The highest BCUT2D eigenvalue weighted by Crippen LogP contribution is 2.16. The lowest BCUT2D eigenvalue weighted by molar-refractivity contribution is -0.148. The number of amides is 1. The highest BCUT2D eigenvalue weighted by Gasteiger charge is 2.16. The first-order valence-corrected chi connectivity index (χ1v) is 9.22. The van der Waals surface area contributed by atoms with Crippen LogP contribution in [0.1, 0.15) is 12.5 Å².